The summed E-state index contributed by atoms with van der Waals surface area (Å²) < 4.78 is 62.7. The lowest BCUT2D eigenvalue weighted by Gasteiger charge is -2.19. The van der Waals surface area contributed by atoms with E-state index in [1.54, 1.807) is 0 Å². The summed E-state index contributed by atoms with van der Waals surface area (Å²) in [4.78, 5) is -0.441. The molecule has 17 heavy (non-hydrogen) atoms. The van der Waals surface area contributed by atoms with Gasteiger partial charge in [0.25, 0.3) is 0 Å². The van der Waals surface area contributed by atoms with Crippen molar-refractivity contribution >= 4 is 10.8 Å². The van der Waals surface area contributed by atoms with Crippen LogP contribution in [0.25, 0.3) is 0 Å². The Kier molecular flexibility index (Phi) is 4.64. The van der Waals surface area contributed by atoms with Gasteiger partial charge in [0.15, 0.2) is 0 Å². The molecular formula is C10H11F4NOS. The van der Waals surface area contributed by atoms with Gasteiger partial charge in [-0.25, -0.2) is 4.39 Å². The largest absolute Gasteiger partial charge is 0.403 e. The van der Waals surface area contributed by atoms with E-state index in [0.717, 1.165) is 12.1 Å². The van der Waals surface area contributed by atoms with E-state index in [2.05, 4.69) is 0 Å². The Labute approximate surface area is 98.3 Å². The highest BCUT2D eigenvalue weighted by molar-refractivity contribution is 7.85. The molecule has 2 N–H and O–H groups in total. The second-order valence-corrected chi connectivity index (χ2v) is 4.94. The van der Waals surface area contributed by atoms with Crippen molar-refractivity contribution in [3.8, 4) is 0 Å². The van der Waals surface area contributed by atoms with E-state index < -0.39 is 39.4 Å². The maximum atomic E-state index is 13.2. The lowest BCUT2D eigenvalue weighted by atomic mass is 10.3. The molecular weight excluding hydrogens is 258 g/mol. The minimum atomic E-state index is -4.66. The van der Waals surface area contributed by atoms with Gasteiger partial charge in [-0.05, 0) is 25.1 Å². The quantitative estimate of drug-likeness (QED) is 0.852. The van der Waals surface area contributed by atoms with Gasteiger partial charge in [-0.2, -0.15) is 13.2 Å². The molecule has 0 aliphatic carbocycles. The van der Waals surface area contributed by atoms with Crippen LogP contribution in [0.3, 0.4) is 0 Å². The minimum Gasteiger partial charge on any atom is -0.330 e. The van der Waals surface area contributed by atoms with Crippen LogP contribution in [0.2, 0.25) is 0 Å². The highest BCUT2D eigenvalue weighted by Gasteiger charge is 2.44. The van der Waals surface area contributed by atoms with E-state index in [1.165, 1.54) is 12.1 Å². The SMILES string of the molecule is NCCC(S(=O)c1ccccc1F)C(F)(F)F. The molecule has 0 amide bonds. The monoisotopic (exact) mass is 269 g/mol. The van der Waals surface area contributed by atoms with E-state index in [-0.39, 0.29) is 6.54 Å². The van der Waals surface area contributed by atoms with Gasteiger partial charge in [0.1, 0.15) is 11.1 Å². The molecule has 1 aromatic carbocycles. The molecule has 0 saturated carbocycles. The standard InChI is InChI=1S/C10H11F4NOS/c11-7-3-1-2-4-8(7)17(16)9(5-6-15)10(12,13)14/h1-4,9H,5-6,15H2. The summed E-state index contributed by atoms with van der Waals surface area (Å²) in [5.41, 5.74) is 5.05. The average Bonchev–Trinajstić information content (AvgIpc) is 2.24. The number of hydrogen-bond acceptors (Lipinski definition) is 2. The first-order chi connectivity index (χ1) is 7.88. The molecule has 96 valence electrons. The van der Waals surface area contributed by atoms with E-state index in [9.17, 15) is 21.8 Å². The molecule has 2 nitrogen and oxygen atoms in total. The van der Waals surface area contributed by atoms with E-state index in [1.807, 2.05) is 0 Å². The first kappa shape index (κ1) is 14.1. The van der Waals surface area contributed by atoms with Crippen molar-refractivity contribution in [2.45, 2.75) is 22.7 Å². The van der Waals surface area contributed by atoms with Gasteiger partial charge in [-0.1, -0.05) is 12.1 Å². The van der Waals surface area contributed by atoms with Gasteiger partial charge in [0.2, 0.25) is 0 Å². The summed E-state index contributed by atoms with van der Waals surface area (Å²) in [6, 6.07) is 4.72. The van der Waals surface area contributed by atoms with Gasteiger partial charge in [-0.15, -0.1) is 0 Å². The Morgan fingerprint density at radius 3 is 2.35 bits per heavy atom. The summed E-state index contributed by atoms with van der Waals surface area (Å²) in [6.45, 7) is -0.260. The maximum Gasteiger partial charge on any atom is 0.403 e. The number of nitrogens with two attached hydrogens (primary N) is 1. The number of alkyl halides is 3. The second kappa shape index (κ2) is 5.59. The zero-order chi connectivity index (χ0) is 13.1. The topological polar surface area (TPSA) is 43.1 Å². The van der Waals surface area contributed by atoms with Crippen molar-refractivity contribution in [3.63, 3.8) is 0 Å². The van der Waals surface area contributed by atoms with Crippen LogP contribution in [-0.4, -0.2) is 22.2 Å². The molecule has 0 aliphatic rings. The fourth-order valence-electron chi connectivity index (χ4n) is 1.30. The zero-order valence-corrected chi connectivity index (χ0v) is 9.52. The fourth-order valence-corrected chi connectivity index (χ4v) is 2.68. The molecule has 0 radical (unpaired) electrons. The molecule has 0 spiro atoms. The first-order valence-corrected chi connectivity index (χ1v) is 6.01. The summed E-state index contributed by atoms with van der Waals surface area (Å²) in [5.74, 6) is -0.905. The third kappa shape index (κ3) is 3.50. The van der Waals surface area contributed by atoms with Crippen molar-refractivity contribution in [2.24, 2.45) is 5.73 Å². The fraction of sp³-hybridized carbons (Fsp3) is 0.400. The predicted molar refractivity (Wildman–Crippen MR) is 56.3 cm³/mol. The van der Waals surface area contributed by atoms with Crippen LogP contribution >= 0.6 is 0 Å². The van der Waals surface area contributed by atoms with Crippen molar-refractivity contribution in [1.29, 1.82) is 0 Å². The summed E-state index contributed by atoms with van der Waals surface area (Å²) in [5, 5.41) is -2.13. The maximum absolute atomic E-state index is 13.2. The van der Waals surface area contributed by atoms with E-state index >= 15 is 0 Å². The van der Waals surface area contributed by atoms with Crippen LogP contribution in [0, 0.1) is 5.82 Å². The Balaban J connectivity index is 3.05. The zero-order valence-electron chi connectivity index (χ0n) is 8.71. The smallest absolute Gasteiger partial charge is 0.330 e. The van der Waals surface area contributed by atoms with Crippen molar-refractivity contribution in [1.82, 2.24) is 0 Å². The molecule has 2 atom stereocenters. The van der Waals surface area contributed by atoms with E-state index in [4.69, 9.17) is 5.73 Å². The molecule has 1 rings (SSSR count). The van der Waals surface area contributed by atoms with Crippen LogP contribution in [-0.2, 0) is 10.8 Å². The Morgan fingerprint density at radius 1 is 1.29 bits per heavy atom. The third-order valence-corrected chi connectivity index (χ3v) is 3.89. The second-order valence-electron chi connectivity index (χ2n) is 3.34. The molecule has 0 fully saturated rings. The highest BCUT2D eigenvalue weighted by Crippen LogP contribution is 2.30. The Morgan fingerprint density at radius 2 is 1.88 bits per heavy atom. The predicted octanol–water partition coefficient (Wildman–Crippen LogP) is 2.21. The van der Waals surface area contributed by atoms with Crippen LogP contribution in [0.15, 0.2) is 29.2 Å². The number of hydrogen-bond donors (Lipinski definition) is 1. The molecule has 0 heterocycles. The van der Waals surface area contributed by atoms with Gasteiger partial charge in [0.05, 0.1) is 15.7 Å². The summed E-state index contributed by atoms with van der Waals surface area (Å²) >= 11 is 0. The van der Waals surface area contributed by atoms with Crippen molar-refractivity contribution in [3.05, 3.63) is 30.1 Å². The lowest BCUT2D eigenvalue weighted by Crippen LogP contribution is -2.35. The summed E-state index contributed by atoms with van der Waals surface area (Å²) in [6.07, 6.45) is -5.16. The number of benzene rings is 1. The number of halogens is 4. The molecule has 0 aliphatic heterocycles. The van der Waals surface area contributed by atoms with Gasteiger partial charge >= 0.3 is 6.18 Å². The van der Waals surface area contributed by atoms with Crippen LogP contribution in [0.5, 0.6) is 0 Å². The molecule has 0 saturated heterocycles. The number of rotatable bonds is 4. The molecule has 2 unspecified atom stereocenters. The molecule has 0 aromatic heterocycles. The van der Waals surface area contributed by atoms with Crippen LogP contribution in [0.1, 0.15) is 6.42 Å². The lowest BCUT2D eigenvalue weighted by molar-refractivity contribution is -0.130. The molecule has 1 aromatic rings. The Hall–Kier alpha value is -0.950. The van der Waals surface area contributed by atoms with E-state index in [0.29, 0.717) is 0 Å². The third-order valence-electron chi connectivity index (χ3n) is 2.11. The van der Waals surface area contributed by atoms with Gasteiger partial charge < -0.3 is 5.73 Å². The molecule has 0 bridgehead atoms. The highest BCUT2D eigenvalue weighted by atomic mass is 32.2. The van der Waals surface area contributed by atoms with Gasteiger partial charge in [-0.3, -0.25) is 4.21 Å². The molecule has 7 heteroatoms. The normalized spacial score (nSPS) is 15.6. The average molecular weight is 269 g/mol. The van der Waals surface area contributed by atoms with Gasteiger partial charge in [0, 0.05) is 0 Å². The van der Waals surface area contributed by atoms with Crippen molar-refractivity contribution in [2.75, 3.05) is 6.54 Å². The minimum absolute atomic E-state index is 0.260. The van der Waals surface area contributed by atoms with Crippen LogP contribution < -0.4 is 5.73 Å². The van der Waals surface area contributed by atoms with Crippen molar-refractivity contribution < 1.29 is 21.8 Å². The first-order valence-electron chi connectivity index (χ1n) is 4.79. The summed E-state index contributed by atoms with van der Waals surface area (Å²) in [7, 11) is -2.48. The Bertz CT molecular complexity index is 408. The van der Waals surface area contributed by atoms with Crippen LogP contribution in [0.4, 0.5) is 17.6 Å².